The van der Waals surface area contributed by atoms with E-state index in [4.69, 9.17) is 4.42 Å². The predicted octanol–water partition coefficient (Wildman–Crippen LogP) is 2.31. The Kier molecular flexibility index (Phi) is 3.95. The first-order valence-electron chi connectivity index (χ1n) is 8.68. The van der Waals surface area contributed by atoms with Gasteiger partial charge in [-0.15, -0.1) is 5.10 Å². The summed E-state index contributed by atoms with van der Waals surface area (Å²) < 4.78 is 5.60. The van der Waals surface area contributed by atoms with Gasteiger partial charge in [-0.05, 0) is 31.2 Å². The van der Waals surface area contributed by atoms with E-state index >= 15 is 0 Å². The van der Waals surface area contributed by atoms with Gasteiger partial charge in [0.05, 0.1) is 10.9 Å². The van der Waals surface area contributed by atoms with Gasteiger partial charge in [0.25, 0.3) is 5.91 Å². The molecule has 142 valence electrons. The zero-order valence-corrected chi connectivity index (χ0v) is 15.9. The molecule has 0 radical (unpaired) electrons. The summed E-state index contributed by atoms with van der Waals surface area (Å²) in [7, 11) is 0. The Hall–Kier alpha value is -3.85. The van der Waals surface area contributed by atoms with Crippen LogP contribution in [0.15, 0.2) is 57.9 Å². The molecule has 0 aliphatic carbocycles. The summed E-state index contributed by atoms with van der Waals surface area (Å²) in [6, 6.07) is 15.0. The van der Waals surface area contributed by atoms with Gasteiger partial charge in [0.15, 0.2) is 5.13 Å². The highest BCUT2D eigenvalue weighted by Gasteiger charge is 2.25. The summed E-state index contributed by atoms with van der Waals surface area (Å²) >= 11 is 1.11. The average molecular weight is 403 g/mol. The van der Waals surface area contributed by atoms with Crippen LogP contribution in [0.4, 0.5) is 11.1 Å². The number of benzene rings is 2. The van der Waals surface area contributed by atoms with Crippen molar-refractivity contribution in [3.63, 3.8) is 0 Å². The fourth-order valence-corrected chi connectivity index (χ4v) is 3.94. The van der Waals surface area contributed by atoms with Crippen molar-refractivity contribution in [2.75, 3.05) is 5.32 Å². The molecule has 3 heterocycles. The van der Waals surface area contributed by atoms with Gasteiger partial charge in [-0.3, -0.25) is 10.1 Å². The van der Waals surface area contributed by atoms with Crippen LogP contribution in [-0.4, -0.2) is 26.2 Å². The number of nitrogens with zero attached hydrogens (tertiary/aromatic N) is 4. The van der Waals surface area contributed by atoms with Crippen molar-refractivity contribution in [3.05, 3.63) is 69.5 Å². The molecule has 0 unspecified atom stereocenters. The SMILES string of the molecule is Cc1ccc2c(c1)=C(c1sc(Nc3nnc(-c4ccccc4)o3)nc1O)C(=O)N=2. The largest absolute Gasteiger partial charge is 0.492 e. The van der Waals surface area contributed by atoms with Crippen LogP contribution in [-0.2, 0) is 4.79 Å². The summed E-state index contributed by atoms with van der Waals surface area (Å²) in [5, 5.41) is 22.8. The number of fused-ring (bicyclic) bond motifs is 1. The summed E-state index contributed by atoms with van der Waals surface area (Å²) in [4.78, 5) is 20.9. The monoisotopic (exact) mass is 403 g/mol. The Bertz CT molecular complexity index is 1370. The normalized spacial score (nSPS) is 12.7. The van der Waals surface area contributed by atoms with E-state index in [2.05, 4.69) is 25.5 Å². The van der Waals surface area contributed by atoms with Crippen molar-refractivity contribution in [2.45, 2.75) is 6.92 Å². The topological polar surface area (TPSA) is 114 Å². The highest BCUT2D eigenvalue weighted by molar-refractivity contribution is 7.17. The molecule has 2 aromatic carbocycles. The molecule has 1 aliphatic rings. The molecule has 5 rings (SSSR count). The molecule has 0 bridgehead atoms. The number of aromatic nitrogens is 3. The van der Waals surface area contributed by atoms with Gasteiger partial charge in [-0.1, -0.05) is 46.3 Å². The number of anilines is 2. The number of aryl methyl sites for hydroxylation is 1. The maximum Gasteiger partial charge on any atom is 0.322 e. The van der Waals surface area contributed by atoms with E-state index in [1.165, 1.54) is 0 Å². The van der Waals surface area contributed by atoms with Crippen molar-refractivity contribution in [1.29, 1.82) is 0 Å². The molecule has 0 saturated carbocycles. The van der Waals surface area contributed by atoms with Crippen LogP contribution in [0.1, 0.15) is 10.4 Å². The Morgan fingerprint density at radius 3 is 2.76 bits per heavy atom. The van der Waals surface area contributed by atoms with Gasteiger partial charge < -0.3 is 9.52 Å². The fourth-order valence-electron chi connectivity index (χ4n) is 3.04. The van der Waals surface area contributed by atoms with Crippen LogP contribution in [0.5, 0.6) is 5.88 Å². The van der Waals surface area contributed by atoms with Crippen LogP contribution in [0.25, 0.3) is 17.0 Å². The molecular weight excluding hydrogens is 390 g/mol. The molecule has 9 heteroatoms. The second-order valence-electron chi connectivity index (χ2n) is 6.39. The number of rotatable bonds is 4. The number of carbonyl (C=O) groups is 1. The van der Waals surface area contributed by atoms with E-state index in [0.29, 0.717) is 32.0 Å². The Labute approximate surface area is 167 Å². The average Bonchev–Trinajstić information content (AvgIpc) is 3.40. The third-order valence-electron chi connectivity index (χ3n) is 4.35. The number of hydrogen-bond donors (Lipinski definition) is 2. The van der Waals surface area contributed by atoms with Gasteiger partial charge in [0, 0.05) is 10.8 Å². The molecule has 0 saturated heterocycles. The van der Waals surface area contributed by atoms with E-state index in [9.17, 15) is 9.90 Å². The third kappa shape index (κ3) is 3.07. The minimum atomic E-state index is -0.403. The second kappa shape index (κ2) is 6.64. The summed E-state index contributed by atoms with van der Waals surface area (Å²) in [6.07, 6.45) is 0. The number of hydrogen-bond acceptors (Lipinski definition) is 8. The molecule has 0 atom stereocenters. The Morgan fingerprint density at radius 1 is 1.10 bits per heavy atom. The quantitative estimate of drug-likeness (QED) is 0.537. The second-order valence-corrected chi connectivity index (χ2v) is 7.39. The number of thiazole rings is 1. The van der Waals surface area contributed by atoms with Gasteiger partial charge >= 0.3 is 6.01 Å². The third-order valence-corrected chi connectivity index (χ3v) is 5.33. The van der Waals surface area contributed by atoms with Crippen molar-refractivity contribution < 1.29 is 14.3 Å². The Balaban J connectivity index is 1.49. The lowest BCUT2D eigenvalue weighted by molar-refractivity contribution is -0.112. The van der Waals surface area contributed by atoms with Crippen LogP contribution < -0.4 is 15.9 Å². The zero-order chi connectivity index (χ0) is 20.0. The van der Waals surface area contributed by atoms with Crippen LogP contribution in [0.3, 0.4) is 0 Å². The van der Waals surface area contributed by atoms with Crippen molar-refractivity contribution in [1.82, 2.24) is 15.2 Å². The first-order valence-corrected chi connectivity index (χ1v) is 9.50. The molecule has 0 spiro atoms. The minimum Gasteiger partial charge on any atom is -0.492 e. The number of nitrogens with one attached hydrogen (secondary N) is 1. The van der Waals surface area contributed by atoms with E-state index < -0.39 is 5.91 Å². The molecule has 1 amide bonds. The molecule has 0 fully saturated rings. The van der Waals surface area contributed by atoms with Gasteiger partial charge in [0.1, 0.15) is 4.88 Å². The fraction of sp³-hybridized carbons (Fsp3) is 0.0500. The molecule has 8 nitrogen and oxygen atoms in total. The first kappa shape index (κ1) is 17.3. The van der Waals surface area contributed by atoms with Crippen LogP contribution >= 0.6 is 11.3 Å². The highest BCUT2D eigenvalue weighted by atomic mass is 32.1. The number of aromatic hydroxyl groups is 1. The zero-order valence-electron chi connectivity index (χ0n) is 15.1. The lowest BCUT2D eigenvalue weighted by Gasteiger charge is -1.96. The van der Waals surface area contributed by atoms with E-state index in [1.54, 1.807) is 6.07 Å². The van der Waals surface area contributed by atoms with Crippen molar-refractivity contribution >= 4 is 34.0 Å². The highest BCUT2D eigenvalue weighted by Crippen LogP contribution is 2.35. The number of amides is 1. The standard InChI is InChI=1S/C20H13N5O3S/c1-10-7-8-13-12(9-10)14(16(26)21-13)15-17(27)22-20(29-15)23-19-25-24-18(28-19)11-5-3-2-4-6-11/h2-9,27H,1H3,(H,22,23,25). The molecule has 2 aromatic heterocycles. The predicted molar refractivity (Wildman–Crippen MR) is 106 cm³/mol. The van der Waals surface area contributed by atoms with Crippen LogP contribution in [0.2, 0.25) is 0 Å². The van der Waals surface area contributed by atoms with E-state index in [1.807, 2.05) is 49.4 Å². The smallest absolute Gasteiger partial charge is 0.322 e. The summed E-state index contributed by atoms with van der Waals surface area (Å²) in [5.74, 6) is -0.300. The van der Waals surface area contributed by atoms with Gasteiger partial charge in [0.2, 0.25) is 11.8 Å². The molecule has 2 N–H and O–H groups in total. The maximum atomic E-state index is 12.4. The van der Waals surface area contributed by atoms with Gasteiger partial charge in [-0.25, -0.2) is 4.99 Å². The summed E-state index contributed by atoms with van der Waals surface area (Å²) in [6.45, 7) is 1.93. The summed E-state index contributed by atoms with van der Waals surface area (Å²) in [5.41, 5.74) is 2.12. The first-order chi connectivity index (χ1) is 14.1. The van der Waals surface area contributed by atoms with Crippen LogP contribution in [0, 0.1) is 6.92 Å². The van der Waals surface area contributed by atoms with E-state index in [-0.39, 0.29) is 11.9 Å². The number of carbonyl (C=O) groups excluding carboxylic acids is 1. The van der Waals surface area contributed by atoms with Crippen molar-refractivity contribution in [3.8, 4) is 17.3 Å². The molecule has 4 aromatic rings. The molecule has 29 heavy (non-hydrogen) atoms. The molecular formula is C20H13N5O3S. The van der Waals surface area contributed by atoms with Crippen molar-refractivity contribution in [2.24, 2.45) is 4.99 Å². The lowest BCUT2D eigenvalue weighted by atomic mass is 10.1. The van der Waals surface area contributed by atoms with Gasteiger partial charge in [-0.2, -0.15) is 4.98 Å². The Morgan fingerprint density at radius 2 is 1.93 bits per heavy atom. The lowest BCUT2D eigenvalue weighted by Crippen LogP contribution is -2.23. The van der Waals surface area contributed by atoms with E-state index in [0.717, 1.165) is 22.5 Å². The maximum absolute atomic E-state index is 12.4. The minimum absolute atomic E-state index is 0.132. The molecule has 1 aliphatic heterocycles.